The number of halogens is 6. The second-order valence-corrected chi connectivity index (χ2v) is 9.05. The van der Waals surface area contributed by atoms with Gasteiger partial charge in [-0.2, -0.15) is 13.2 Å². The number of amides is 1. The van der Waals surface area contributed by atoms with Gasteiger partial charge in [0.25, 0.3) is 5.91 Å². The van der Waals surface area contributed by atoms with Gasteiger partial charge in [0.1, 0.15) is 0 Å². The zero-order valence-corrected chi connectivity index (χ0v) is 21.0. The van der Waals surface area contributed by atoms with Crippen LogP contribution in [0.25, 0.3) is 6.08 Å². The van der Waals surface area contributed by atoms with Crippen molar-refractivity contribution in [2.45, 2.75) is 39.3 Å². The molecular formula is C25H23Cl3F3NO2. The summed E-state index contributed by atoms with van der Waals surface area (Å²) in [5.41, 5.74) is 1.09. The molecule has 2 aromatic carbocycles. The monoisotopic (exact) mass is 531 g/mol. The summed E-state index contributed by atoms with van der Waals surface area (Å²) in [5.74, 6) is -3.02. The third kappa shape index (κ3) is 6.87. The number of nitrogens with one attached hydrogen (secondary N) is 1. The fourth-order valence-electron chi connectivity index (χ4n) is 3.17. The van der Waals surface area contributed by atoms with Crippen LogP contribution in [0.1, 0.15) is 53.2 Å². The molecular weight excluding hydrogens is 510 g/mol. The smallest absolute Gasteiger partial charge is 0.319 e. The number of rotatable bonds is 8. The highest BCUT2D eigenvalue weighted by Crippen LogP contribution is 2.41. The highest BCUT2D eigenvalue weighted by molar-refractivity contribution is 6.48. The summed E-state index contributed by atoms with van der Waals surface area (Å²) in [6.45, 7) is 8.87. The van der Waals surface area contributed by atoms with Gasteiger partial charge in [0.05, 0.1) is 26.7 Å². The molecule has 0 aromatic heterocycles. The molecule has 34 heavy (non-hydrogen) atoms. The van der Waals surface area contributed by atoms with Gasteiger partial charge in [0.15, 0.2) is 5.78 Å². The van der Waals surface area contributed by atoms with E-state index in [0.29, 0.717) is 17.5 Å². The summed E-state index contributed by atoms with van der Waals surface area (Å²) < 4.78 is 41.2. The molecule has 2 rings (SSSR count). The Bertz CT molecular complexity index is 1120. The van der Waals surface area contributed by atoms with E-state index >= 15 is 0 Å². The van der Waals surface area contributed by atoms with E-state index in [-0.39, 0.29) is 43.6 Å². The molecule has 0 aliphatic rings. The normalized spacial score (nSPS) is 13.6. The van der Waals surface area contributed by atoms with E-state index in [1.54, 1.807) is 19.9 Å². The molecule has 0 spiro atoms. The lowest BCUT2D eigenvalue weighted by atomic mass is 9.96. The van der Waals surface area contributed by atoms with Crippen LogP contribution in [0.4, 0.5) is 13.2 Å². The van der Waals surface area contributed by atoms with E-state index in [1.165, 1.54) is 18.2 Å². The molecule has 0 bridgehead atoms. The van der Waals surface area contributed by atoms with Crippen molar-refractivity contribution in [2.24, 2.45) is 5.92 Å². The molecule has 0 radical (unpaired) electrons. The number of allylic oxidation sites excluding steroid dienone is 2. The Balaban J connectivity index is 2.27. The largest absolute Gasteiger partial charge is 0.399 e. The van der Waals surface area contributed by atoms with Crippen molar-refractivity contribution >= 4 is 52.6 Å². The first-order valence-electron chi connectivity index (χ1n) is 10.3. The van der Waals surface area contributed by atoms with Crippen LogP contribution in [-0.2, 0) is 4.79 Å². The first-order valence-corrected chi connectivity index (χ1v) is 11.4. The number of benzene rings is 2. The van der Waals surface area contributed by atoms with E-state index in [0.717, 1.165) is 18.2 Å². The Morgan fingerprint density at radius 2 is 1.71 bits per heavy atom. The minimum Gasteiger partial charge on any atom is -0.319 e. The van der Waals surface area contributed by atoms with Crippen molar-refractivity contribution < 1.29 is 22.8 Å². The van der Waals surface area contributed by atoms with Crippen LogP contribution in [0, 0.1) is 12.8 Å². The van der Waals surface area contributed by atoms with E-state index in [4.69, 9.17) is 34.8 Å². The molecule has 0 saturated heterocycles. The molecule has 2 unspecified atom stereocenters. The number of hydrogen-bond donors (Lipinski definition) is 1. The first kappa shape index (κ1) is 28.0. The Morgan fingerprint density at radius 3 is 2.21 bits per heavy atom. The van der Waals surface area contributed by atoms with Crippen LogP contribution in [0.15, 0.2) is 48.7 Å². The second kappa shape index (κ2) is 11.4. The number of carbonyl (C=O) groups excluding carboxylic acids is 2. The van der Waals surface area contributed by atoms with Crippen molar-refractivity contribution in [3.63, 3.8) is 0 Å². The van der Waals surface area contributed by atoms with Crippen LogP contribution in [0.2, 0.25) is 15.1 Å². The Kier molecular flexibility index (Phi) is 9.40. The van der Waals surface area contributed by atoms with E-state index < -0.39 is 18.0 Å². The SMILES string of the molecule is C=C(NC(=O)c1ccc(C=CC(c2cc(Cl)c(Cl)c(Cl)c2)C(F)(F)F)cc1C)C(=O)C(C)CC. The summed E-state index contributed by atoms with van der Waals surface area (Å²) in [7, 11) is 0. The van der Waals surface area contributed by atoms with Crippen molar-refractivity contribution in [1.82, 2.24) is 5.32 Å². The summed E-state index contributed by atoms with van der Waals surface area (Å²) in [5, 5.41) is 2.32. The molecule has 0 aliphatic heterocycles. The fraction of sp³-hybridized carbons (Fsp3) is 0.280. The highest BCUT2D eigenvalue weighted by atomic mass is 35.5. The highest BCUT2D eigenvalue weighted by Gasteiger charge is 2.39. The number of Topliss-reactive ketones (excluding diaryl/α,β-unsaturated/α-hetero) is 1. The van der Waals surface area contributed by atoms with Crippen molar-refractivity contribution in [3.8, 4) is 0 Å². The molecule has 0 saturated carbocycles. The van der Waals surface area contributed by atoms with Gasteiger partial charge in [0, 0.05) is 11.5 Å². The summed E-state index contributed by atoms with van der Waals surface area (Å²) in [6, 6.07) is 6.81. The topological polar surface area (TPSA) is 46.2 Å². The van der Waals surface area contributed by atoms with Crippen molar-refractivity contribution in [3.05, 3.63) is 86.0 Å². The quantitative estimate of drug-likeness (QED) is 0.275. The zero-order chi connectivity index (χ0) is 25.8. The maximum absolute atomic E-state index is 13.7. The van der Waals surface area contributed by atoms with Crippen LogP contribution in [0.3, 0.4) is 0 Å². The summed E-state index contributed by atoms with van der Waals surface area (Å²) in [6.07, 6.45) is -1.71. The number of alkyl halides is 3. The molecule has 2 aromatic rings. The molecule has 1 N–H and O–H groups in total. The average Bonchev–Trinajstić information content (AvgIpc) is 2.75. The van der Waals surface area contributed by atoms with E-state index in [1.807, 2.05) is 6.92 Å². The van der Waals surface area contributed by atoms with Gasteiger partial charge in [0.2, 0.25) is 0 Å². The minimum absolute atomic E-state index is 0.00368. The van der Waals surface area contributed by atoms with Crippen LogP contribution in [0.5, 0.6) is 0 Å². The first-order chi connectivity index (χ1) is 15.8. The number of hydrogen-bond acceptors (Lipinski definition) is 2. The molecule has 0 aliphatic carbocycles. The molecule has 0 fully saturated rings. The summed E-state index contributed by atoms with van der Waals surface area (Å²) in [4.78, 5) is 24.7. The van der Waals surface area contributed by atoms with Gasteiger partial charge >= 0.3 is 6.18 Å². The van der Waals surface area contributed by atoms with Crippen LogP contribution >= 0.6 is 34.8 Å². The Labute approximate surface area is 211 Å². The Hall–Kier alpha value is -2.28. The molecule has 0 heterocycles. The molecule has 9 heteroatoms. The van der Waals surface area contributed by atoms with Crippen molar-refractivity contribution in [2.75, 3.05) is 0 Å². The molecule has 1 amide bonds. The third-order valence-corrected chi connectivity index (χ3v) is 6.51. The molecule has 3 nitrogen and oxygen atoms in total. The molecule has 2 atom stereocenters. The fourth-order valence-corrected chi connectivity index (χ4v) is 3.78. The van der Waals surface area contributed by atoms with Gasteiger partial charge in [-0.25, -0.2) is 0 Å². The summed E-state index contributed by atoms with van der Waals surface area (Å²) >= 11 is 17.7. The van der Waals surface area contributed by atoms with E-state index in [2.05, 4.69) is 11.9 Å². The average molecular weight is 533 g/mol. The van der Waals surface area contributed by atoms with Gasteiger partial charge in [-0.15, -0.1) is 0 Å². The standard InChI is InChI=1S/C25H23Cl3F3NO2/c1-5-13(2)23(33)15(4)32-24(34)18-8-6-16(10-14(18)3)7-9-19(25(29,30)31)17-11-20(26)22(28)21(27)12-17/h6-13,19H,4-5H2,1-3H3,(H,32,34). The van der Waals surface area contributed by atoms with Gasteiger partial charge in [-0.1, -0.05) is 79.5 Å². The lowest BCUT2D eigenvalue weighted by Gasteiger charge is -2.18. The lowest BCUT2D eigenvalue weighted by Crippen LogP contribution is -2.29. The lowest BCUT2D eigenvalue weighted by molar-refractivity contribution is -0.139. The van der Waals surface area contributed by atoms with E-state index in [9.17, 15) is 22.8 Å². The maximum Gasteiger partial charge on any atom is 0.399 e. The predicted molar refractivity (Wildman–Crippen MR) is 132 cm³/mol. The number of aryl methyl sites for hydroxylation is 1. The number of ketones is 1. The van der Waals surface area contributed by atoms with Crippen LogP contribution in [-0.4, -0.2) is 17.9 Å². The third-order valence-electron chi connectivity index (χ3n) is 5.32. The zero-order valence-electron chi connectivity index (χ0n) is 18.7. The van der Waals surface area contributed by atoms with Gasteiger partial charge in [-0.3, -0.25) is 9.59 Å². The van der Waals surface area contributed by atoms with Gasteiger partial charge < -0.3 is 5.32 Å². The maximum atomic E-state index is 13.7. The Morgan fingerprint density at radius 1 is 1.12 bits per heavy atom. The van der Waals surface area contributed by atoms with Gasteiger partial charge in [-0.05, 0) is 48.2 Å². The van der Waals surface area contributed by atoms with Crippen molar-refractivity contribution in [1.29, 1.82) is 0 Å². The van der Waals surface area contributed by atoms with Crippen LogP contribution < -0.4 is 5.32 Å². The molecule has 182 valence electrons. The second-order valence-electron chi connectivity index (χ2n) is 7.86. The predicted octanol–water partition coefficient (Wildman–Crippen LogP) is 8.17. The minimum atomic E-state index is -4.60. The number of carbonyl (C=O) groups is 2.